The monoisotopic (exact) mass is 160 g/mol. The lowest BCUT2D eigenvalue weighted by molar-refractivity contribution is 0.569. The molecule has 0 amide bonds. The summed E-state index contributed by atoms with van der Waals surface area (Å²) < 4.78 is 11.8. The second-order valence-corrected chi connectivity index (χ2v) is 7.16. The molecule has 1 rings (SSSR count). The van der Waals surface area contributed by atoms with Gasteiger partial charge < -0.3 is 4.57 Å². The molecule has 1 aliphatic rings. The summed E-state index contributed by atoms with van der Waals surface area (Å²) in [6.07, 6.45) is 5.48. The summed E-state index contributed by atoms with van der Waals surface area (Å²) in [5.74, 6) is 0.629. The highest BCUT2D eigenvalue weighted by atomic mass is 31.2. The van der Waals surface area contributed by atoms with Gasteiger partial charge in [-0.05, 0) is 18.8 Å². The normalized spacial score (nSPS) is 23.9. The van der Waals surface area contributed by atoms with Gasteiger partial charge in [-0.3, -0.25) is 0 Å². The van der Waals surface area contributed by atoms with Crippen LogP contribution in [0.15, 0.2) is 0 Å². The van der Waals surface area contributed by atoms with E-state index in [-0.39, 0.29) is 0 Å². The molecule has 0 atom stereocenters. The van der Waals surface area contributed by atoms with Gasteiger partial charge in [0.25, 0.3) is 0 Å². The molecule has 0 bridgehead atoms. The lowest BCUT2D eigenvalue weighted by Gasteiger charge is -2.12. The van der Waals surface area contributed by atoms with Crippen LogP contribution in [-0.4, -0.2) is 18.5 Å². The molecule has 0 unspecified atom stereocenters. The Morgan fingerprint density at radius 2 is 1.80 bits per heavy atom. The first-order valence-electron chi connectivity index (χ1n) is 4.19. The van der Waals surface area contributed by atoms with Crippen LogP contribution < -0.4 is 0 Å². The van der Waals surface area contributed by atoms with Gasteiger partial charge in [0.1, 0.15) is 0 Å². The van der Waals surface area contributed by atoms with Gasteiger partial charge in [-0.15, -0.1) is 0 Å². The van der Waals surface area contributed by atoms with Crippen molar-refractivity contribution in [3.63, 3.8) is 0 Å². The molecule has 1 aliphatic heterocycles. The predicted octanol–water partition coefficient (Wildman–Crippen LogP) is 2.80. The van der Waals surface area contributed by atoms with E-state index in [0.717, 1.165) is 18.5 Å². The van der Waals surface area contributed by atoms with Crippen molar-refractivity contribution in [2.45, 2.75) is 26.7 Å². The van der Waals surface area contributed by atoms with Crippen LogP contribution in [0.1, 0.15) is 26.7 Å². The molecule has 0 aliphatic carbocycles. The summed E-state index contributed by atoms with van der Waals surface area (Å²) in [5, 5.41) is 0. The van der Waals surface area contributed by atoms with Crippen LogP contribution in [0.25, 0.3) is 0 Å². The van der Waals surface area contributed by atoms with Crippen LogP contribution in [-0.2, 0) is 4.57 Å². The molecule has 0 aromatic rings. The van der Waals surface area contributed by atoms with Crippen LogP contribution in [0.5, 0.6) is 0 Å². The van der Waals surface area contributed by atoms with Gasteiger partial charge in [0.05, 0.1) is 7.14 Å². The highest BCUT2D eigenvalue weighted by Gasteiger charge is 2.27. The second-order valence-electron chi connectivity index (χ2n) is 3.79. The fraction of sp³-hybridized carbons (Fsp3) is 1.00. The van der Waals surface area contributed by atoms with Crippen molar-refractivity contribution in [3.05, 3.63) is 0 Å². The van der Waals surface area contributed by atoms with Crippen LogP contribution in [0.4, 0.5) is 0 Å². The molecule has 0 saturated carbocycles. The van der Waals surface area contributed by atoms with Crippen LogP contribution in [0.2, 0.25) is 0 Å². The summed E-state index contributed by atoms with van der Waals surface area (Å²) in [5.41, 5.74) is 0. The van der Waals surface area contributed by atoms with E-state index >= 15 is 0 Å². The molecular weight excluding hydrogens is 143 g/mol. The maximum absolute atomic E-state index is 11.8. The quantitative estimate of drug-likeness (QED) is 0.568. The van der Waals surface area contributed by atoms with Crippen LogP contribution in [0.3, 0.4) is 0 Å². The van der Waals surface area contributed by atoms with Gasteiger partial charge in [0.15, 0.2) is 0 Å². The Labute approximate surface area is 63.6 Å². The van der Waals surface area contributed by atoms with Gasteiger partial charge in [-0.2, -0.15) is 0 Å². The van der Waals surface area contributed by atoms with Gasteiger partial charge in [-0.1, -0.05) is 13.8 Å². The molecule has 1 fully saturated rings. The standard InChI is InChI=1S/C8H17OP/c1-8(2)7-10(9)5-3-4-6-10/h8H,3-7H2,1-2H3. The Morgan fingerprint density at radius 3 is 2.20 bits per heavy atom. The van der Waals surface area contributed by atoms with Gasteiger partial charge in [0, 0.05) is 18.5 Å². The third kappa shape index (κ3) is 2.12. The third-order valence-corrected chi connectivity index (χ3v) is 5.74. The van der Waals surface area contributed by atoms with Gasteiger partial charge in [0.2, 0.25) is 0 Å². The van der Waals surface area contributed by atoms with Crippen molar-refractivity contribution in [1.29, 1.82) is 0 Å². The summed E-state index contributed by atoms with van der Waals surface area (Å²) >= 11 is 0. The molecule has 0 aromatic carbocycles. The van der Waals surface area contributed by atoms with E-state index in [1.807, 2.05) is 0 Å². The minimum Gasteiger partial charge on any atom is -0.324 e. The first-order valence-corrected chi connectivity index (χ1v) is 6.46. The minimum absolute atomic E-state index is 0.629. The van der Waals surface area contributed by atoms with Crippen molar-refractivity contribution < 1.29 is 4.57 Å². The predicted molar refractivity (Wildman–Crippen MR) is 46.3 cm³/mol. The van der Waals surface area contributed by atoms with E-state index in [2.05, 4.69) is 13.8 Å². The van der Waals surface area contributed by atoms with E-state index in [1.165, 1.54) is 12.8 Å². The van der Waals surface area contributed by atoms with Crippen molar-refractivity contribution in [2.24, 2.45) is 5.92 Å². The molecule has 1 nitrogen and oxygen atoms in total. The minimum atomic E-state index is -1.63. The zero-order valence-corrected chi connectivity index (χ0v) is 7.86. The molecular formula is C8H17OP. The van der Waals surface area contributed by atoms with Crippen LogP contribution >= 0.6 is 7.14 Å². The molecule has 0 aromatic heterocycles. The Bertz CT molecular complexity index is 141. The number of hydrogen-bond donors (Lipinski definition) is 0. The molecule has 0 spiro atoms. The smallest absolute Gasteiger partial charge is 0.0880 e. The molecule has 2 heteroatoms. The average molecular weight is 160 g/mol. The van der Waals surface area contributed by atoms with E-state index in [9.17, 15) is 4.57 Å². The van der Waals surface area contributed by atoms with Crippen molar-refractivity contribution in [3.8, 4) is 0 Å². The third-order valence-electron chi connectivity index (χ3n) is 2.08. The number of rotatable bonds is 2. The lowest BCUT2D eigenvalue weighted by Crippen LogP contribution is -1.98. The first-order chi connectivity index (χ1) is 4.62. The fourth-order valence-electron chi connectivity index (χ4n) is 1.76. The molecule has 0 N–H and O–H groups in total. The largest absolute Gasteiger partial charge is 0.324 e. The molecule has 1 heterocycles. The zero-order valence-electron chi connectivity index (χ0n) is 6.97. The summed E-state index contributed by atoms with van der Waals surface area (Å²) in [4.78, 5) is 0. The summed E-state index contributed by atoms with van der Waals surface area (Å²) in [7, 11) is -1.63. The SMILES string of the molecule is CC(C)CP1(=O)CCCC1. The zero-order chi connectivity index (χ0) is 7.61. The van der Waals surface area contributed by atoms with E-state index < -0.39 is 7.14 Å². The Kier molecular flexibility index (Phi) is 2.57. The van der Waals surface area contributed by atoms with Crippen LogP contribution in [0, 0.1) is 5.92 Å². The van der Waals surface area contributed by atoms with E-state index in [0.29, 0.717) is 5.92 Å². The molecule has 0 radical (unpaired) electrons. The van der Waals surface area contributed by atoms with Crippen molar-refractivity contribution in [1.82, 2.24) is 0 Å². The maximum atomic E-state index is 11.8. The molecule has 1 saturated heterocycles. The van der Waals surface area contributed by atoms with Crippen molar-refractivity contribution in [2.75, 3.05) is 18.5 Å². The maximum Gasteiger partial charge on any atom is 0.0880 e. The topological polar surface area (TPSA) is 17.1 Å². The number of hydrogen-bond acceptors (Lipinski definition) is 1. The highest BCUT2D eigenvalue weighted by Crippen LogP contribution is 2.53. The highest BCUT2D eigenvalue weighted by molar-refractivity contribution is 7.64. The Balaban J connectivity index is 2.44. The van der Waals surface area contributed by atoms with E-state index in [1.54, 1.807) is 0 Å². The lowest BCUT2D eigenvalue weighted by atomic mass is 10.3. The molecule has 60 valence electrons. The van der Waals surface area contributed by atoms with E-state index in [4.69, 9.17) is 0 Å². The van der Waals surface area contributed by atoms with Gasteiger partial charge >= 0.3 is 0 Å². The Morgan fingerprint density at radius 1 is 1.30 bits per heavy atom. The molecule has 10 heavy (non-hydrogen) atoms. The Hall–Kier alpha value is 0.230. The second kappa shape index (κ2) is 3.09. The fourth-order valence-corrected chi connectivity index (χ4v) is 5.28. The van der Waals surface area contributed by atoms with Gasteiger partial charge in [-0.25, -0.2) is 0 Å². The van der Waals surface area contributed by atoms with Crippen molar-refractivity contribution >= 4 is 7.14 Å². The average Bonchev–Trinajstić information content (AvgIpc) is 2.12. The first kappa shape index (κ1) is 8.33. The summed E-state index contributed by atoms with van der Waals surface area (Å²) in [6, 6.07) is 0. The summed E-state index contributed by atoms with van der Waals surface area (Å²) in [6.45, 7) is 4.33.